The molecule has 2 N–H and O–H groups in total. The minimum atomic E-state index is -3.87. The van der Waals surface area contributed by atoms with Crippen LogP contribution >= 0.6 is 0 Å². The molecule has 5 heteroatoms. The maximum atomic E-state index is 10.6. The van der Waals surface area contributed by atoms with Crippen LogP contribution in [0.4, 0.5) is 0 Å². The summed E-state index contributed by atoms with van der Waals surface area (Å²) in [4.78, 5) is 0. The topological polar surface area (TPSA) is 69.4 Å². The molecule has 0 heterocycles. The number of hydrogen-bond donors (Lipinski definition) is 1. The van der Waals surface area contributed by atoms with Crippen molar-refractivity contribution in [2.24, 2.45) is 5.14 Å². The van der Waals surface area contributed by atoms with Crippen LogP contribution in [0.5, 0.6) is 0 Å². The van der Waals surface area contributed by atoms with E-state index in [1.54, 1.807) is 6.07 Å². The van der Waals surface area contributed by atoms with E-state index in [2.05, 4.69) is 25.0 Å². The fourth-order valence-corrected chi connectivity index (χ4v) is 1.58. The second kappa shape index (κ2) is 4.53. The highest BCUT2D eigenvalue weighted by molar-refractivity contribution is 7.84. The van der Waals surface area contributed by atoms with Gasteiger partial charge < -0.3 is 0 Å². The molecule has 0 aliphatic rings. The van der Waals surface area contributed by atoms with Gasteiger partial charge in [-0.05, 0) is 16.5 Å². The summed E-state index contributed by atoms with van der Waals surface area (Å²) in [5.74, 6) is 0. The van der Waals surface area contributed by atoms with E-state index in [9.17, 15) is 8.42 Å². The Morgan fingerprint density at radius 1 is 1.31 bits per heavy atom. The van der Waals surface area contributed by atoms with E-state index in [0.29, 0.717) is 0 Å². The maximum Gasteiger partial charge on any atom is 0.333 e. The lowest BCUT2D eigenvalue weighted by Crippen LogP contribution is -2.16. The third-order valence-corrected chi connectivity index (χ3v) is 2.63. The van der Waals surface area contributed by atoms with Gasteiger partial charge in [0, 0.05) is 0 Å². The smallest absolute Gasteiger partial charge is 0.253 e. The fourth-order valence-electron chi connectivity index (χ4n) is 1.28. The standard InChI is InChI=1S/C11H17NO3S/c1-11(2,3)10-6-4-5-9(7-10)8-15-16(12,13)14/h4-7H,8H2,1-3H3,(H2,12,13,14). The highest BCUT2D eigenvalue weighted by Crippen LogP contribution is 2.23. The summed E-state index contributed by atoms with van der Waals surface area (Å²) in [6.45, 7) is 6.24. The first-order chi connectivity index (χ1) is 7.18. The SMILES string of the molecule is CC(C)(C)c1cccc(COS(N)(=O)=O)c1. The normalized spacial score (nSPS) is 12.8. The largest absolute Gasteiger partial charge is 0.333 e. The molecule has 0 spiro atoms. The Hall–Kier alpha value is -0.910. The molecule has 0 saturated heterocycles. The van der Waals surface area contributed by atoms with Crippen LogP contribution in [0.3, 0.4) is 0 Å². The summed E-state index contributed by atoms with van der Waals surface area (Å²) in [6.07, 6.45) is 0. The Bertz CT molecular complexity index is 460. The minimum Gasteiger partial charge on any atom is -0.253 e. The summed E-state index contributed by atoms with van der Waals surface area (Å²) in [5.41, 5.74) is 1.95. The number of benzene rings is 1. The van der Waals surface area contributed by atoms with Crippen molar-refractivity contribution in [3.05, 3.63) is 35.4 Å². The molecule has 0 radical (unpaired) electrons. The van der Waals surface area contributed by atoms with Gasteiger partial charge in [-0.25, -0.2) is 5.14 Å². The summed E-state index contributed by atoms with van der Waals surface area (Å²) in [6, 6.07) is 7.61. The van der Waals surface area contributed by atoms with Gasteiger partial charge in [-0.3, -0.25) is 4.18 Å². The molecule has 16 heavy (non-hydrogen) atoms. The van der Waals surface area contributed by atoms with Gasteiger partial charge in [-0.1, -0.05) is 45.0 Å². The van der Waals surface area contributed by atoms with Gasteiger partial charge in [-0.2, -0.15) is 8.42 Å². The molecule has 1 aromatic rings. The molecule has 1 rings (SSSR count). The van der Waals surface area contributed by atoms with E-state index >= 15 is 0 Å². The van der Waals surface area contributed by atoms with Crippen LogP contribution in [0.2, 0.25) is 0 Å². The van der Waals surface area contributed by atoms with Gasteiger partial charge in [0.25, 0.3) is 0 Å². The Kier molecular flexibility index (Phi) is 3.72. The van der Waals surface area contributed by atoms with Crippen molar-refractivity contribution in [2.45, 2.75) is 32.8 Å². The van der Waals surface area contributed by atoms with Crippen molar-refractivity contribution in [3.63, 3.8) is 0 Å². The van der Waals surface area contributed by atoms with E-state index in [1.165, 1.54) is 0 Å². The molecule has 0 aliphatic carbocycles. The van der Waals surface area contributed by atoms with Crippen molar-refractivity contribution in [3.8, 4) is 0 Å². The van der Waals surface area contributed by atoms with Crippen molar-refractivity contribution < 1.29 is 12.6 Å². The van der Waals surface area contributed by atoms with Gasteiger partial charge in [0.15, 0.2) is 0 Å². The van der Waals surface area contributed by atoms with Crippen molar-refractivity contribution >= 4 is 10.3 Å². The number of nitrogens with two attached hydrogens (primary N) is 1. The fraction of sp³-hybridized carbons (Fsp3) is 0.455. The van der Waals surface area contributed by atoms with E-state index in [1.807, 2.05) is 18.2 Å². The van der Waals surface area contributed by atoms with E-state index < -0.39 is 10.3 Å². The van der Waals surface area contributed by atoms with Gasteiger partial charge in [-0.15, -0.1) is 0 Å². The first-order valence-electron chi connectivity index (χ1n) is 4.95. The van der Waals surface area contributed by atoms with Crippen LogP contribution in [0, 0.1) is 0 Å². The van der Waals surface area contributed by atoms with Crippen LogP contribution in [-0.4, -0.2) is 8.42 Å². The summed E-state index contributed by atoms with van der Waals surface area (Å²) < 4.78 is 25.8. The van der Waals surface area contributed by atoms with Crippen molar-refractivity contribution in [1.82, 2.24) is 0 Å². The van der Waals surface area contributed by atoms with Crippen molar-refractivity contribution in [2.75, 3.05) is 0 Å². The second-order valence-corrected chi connectivity index (χ2v) is 5.93. The summed E-state index contributed by atoms with van der Waals surface area (Å²) in [5, 5.41) is 4.76. The molecule has 0 unspecified atom stereocenters. The molecule has 0 amide bonds. The lowest BCUT2D eigenvalue weighted by molar-refractivity contribution is 0.308. The molecular formula is C11H17NO3S. The third kappa shape index (κ3) is 4.30. The van der Waals surface area contributed by atoms with Gasteiger partial charge >= 0.3 is 10.3 Å². The maximum absolute atomic E-state index is 10.6. The molecule has 0 atom stereocenters. The number of rotatable bonds is 3. The summed E-state index contributed by atoms with van der Waals surface area (Å²) in [7, 11) is -3.87. The Morgan fingerprint density at radius 2 is 1.94 bits per heavy atom. The highest BCUT2D eigenvalue weighted by atomic mass is 32.2. The molecule has 90 valence electrons. The van der Waals surface area contributed by atoms with E-state index in [-0.39, 0.29) is 12.0 Å². The molecule has 0 aliphatic heterocycles. The Balaban J connectivity index is 2.84. The Labute approximate surface area is 96.7 Å². The Morgan fingerprint density at radius 3 is 2.44 bits per heavy atom. The predicted octanol–water partition coefficient (Wildman–Crippen LogP) is 1.70. The highest BCUT2D eigenvalue weighted by Gasteiger charge is 2.14. The molecule has 4 nitrogen and oxygen atoms in total. The minimum absolute atomic E-state index is 0.0250. The van der Waals surface area contributed by atoms with E-state index in [0.717, 1.165) is 11.1 Å². The first-order valence-corrected chi connectivity index (χ1v) is 6.42. The second-order valence-electron chi connectivity index (χ2n) is 4.71. The summed E-state index contributed by atoms with van der Waals surface area (Å²) >= 11 is 0. The third-order valence-electron chi connectivity index (χ3n) is 2.18. The molecular weight excluding hydrogens is 226 g/mol. The monoisotopic (exact) mass is 243 g/mol. The van der Waals surface area contributed by atoms with Gasteiger partial charge in [0.05, 0.1) is 6.61 Å². The molecule has 0 aromatic heterocycles. The zero-order valence-electron chi connectivity index (χ0n) is 9.73. The lowest BCUT2D eigenvalue weighted by Gasteiger charge is -2.19. The van der Waals surface area contributed by atoms with Crippen LogP contribution in [0.15, 0.2) is 24.3 Å². The van der Waals surface area contributed by atoms with Crippen molar-refractivity contribution in [1.29, 1.82) is 0 Å². The van der Waals surface area contributed by atoms with Crippen LogP contribution < -0.4 is 5.14 Å². The van der Waals surface area contributed by atoms with Crippen LogP contribution in [-0.2, 0) is 26.5 Å². The molecule has 0 saturated carbocycles. The molecule has 1 aromatic carbocycles. The number of hydrogen-bond acceptors (Lipinski definition) is 3. The molecule has 0 bridgehead atoms. The first kappa shape index (κ1) is 13.2. The van der Waals surface area contributed by atoms with Gasteiger partial charge in [0.2, 0.25) is 0 Å². The average molecular weight is 243 g/mol. The zero-order valence-corrected chi connectivity index (χ0v) is 10.5. The molecule has 0 fully saturated rings. The average Bonchev–Trinajstić information content (AvgIpc) is 2.13. The lowest BCUT2D eigenvalue weighted by atomic mass is 9.86. The van der Waals surface area contributed by atoms with Gasteiger partial charge in [0.1, 0.15) is 0 Å². The zero-order chi connectivity index (χ0) is 12.4. The quantitative estimate of drug-likeness (QED) is 0.878. The predicted molar refractivity (Wildman–Crippen MR) is 63.0 cm³/mol. The van der Waals surface area contributed by atoms with E-state index in [4.69, 9.17) is 5.14 Å². The van der Waals surface area contributed by atoms with Crippen LogP contribution in [0.1, 0.15) is 31.9 Å². The van der Waals surface area contributed by atoms with Crippen LogP contribution in [0.25, 0.3) is 0 Å².